The average Bonchev–Trinajstić information content (AvgIpc) is 2.65. The van der Waals surface area contributed by atoms with Crippen LogP contribution >= 0.6 is 0 Å². The SMILES string of the molecule is CCCCCCCCCCCCCCCc1ccc(C(=O)CN)cc1. The predicted octanol–water partition coefficient (Wildman–Crippen LogP) is 6.46. The summed E-state index contributed by atoms with van der Waals surface area (Å²) >= 11 is 0. The Bertz CT molecular complexity index is 438. The maximum Gasteiger partial charge on any atom is 0.176 e. The highest BCUT2D eigenvalue weighted by atomic mass is 16.1. The maximum atomic E-state index is 11.5. The molecule has 1 aromatic rings. The Morgan fingerprint density at radius 3 is 1.60 bits per heavy atom. The molecule has 0 fully saturated rings. The molecule has 142 valence electrons. The zero-order valence-corrected chi connectivity index (χ0v) is 16.4. The number of hydrogen-bond donors (Lipinski definition) is 1. The number of nitrogens with two attached hydrogens (primary N) is 1. The molecule has 0 spiro atoms. The third-order valence-corrected chi connectivity index (χ3v) is 5.03. The van der Waals surface area contributed by atoms with Gasteiger partial charge in [-0.3, -0.25) is 4.79 Å². The van der Waals surface area contributed by atoms with Crippen LogP contribution in [0.3, 0.4) is 0 Å². The molecule has 0 aromatic heterocycles. The molecule has 0 heterocycles. The lowest BCUT2D eigenvalue weighted by molar-refractivity contribution is 0.100. The van der Waals surface area contributed by atoms with Gasteiger partial charge in [0.1, 0.15) is 0 Å². The predicted molar refractivity (Wildman–Crippen MR) is 109 cm³/mol. The molecule has 0 amide bonds. The van der Waals surface area contributed by atoms with E-state index in [1.54, 1.807) is 0 Å². The van der Waals surface area contributed by atoms with Crippen LogP contribution in [0, 0.1) is 0 Å². The minimum Gasteiger partial charge on any atom is -0.324 e. The molecular formula is C23H39NO. The molecule has 25 heavy (non-hydrogen) atoms. The van der Waals surface area contributed by atoms with Gasteiger partial charge < -0.3 is 5.73 Å². The molecule has 2 heteroatoms. The van der Waals surface area contributed by atoms with Crippen LogP contribution in [0.1, 0.15) is 106 Å². The first kappa shape index (κ1) is 21.9. The number of carbonyl (C=O) groups is 1. The molecule has 0 unspecified atom stereocenters. The summed E-state index contributed by atoms with van der Waals surface area (Å²) in [5.74, 6) is 0.0208. The smallest absolute Gasteiger partial charge is 0.176 e. The van der Waals surface area contributed by atoms with Crippen LogP contribution in [0.4, 0.5) is 0 Å². The van der Waals surface area contributed by atoms with Crippen LogP contribution in [0.2, 0.25) is 0 Å². The van der Waals surface area contributed by atoms with Gasteiger partial charge in [-0.1, -0.05) is 108 Å². The van der Waals surface area contributed by atoms with Gasteiger partial charge in [0.2, 0.25) is 0 Å². The number of rotatable bonds is 16. The van der Waals surface area contributed by atoms with Crippen LogP contribution in [-0.4, -0.2) is 12.3 Å². The second-order valence-electron chi connectivity index (χ2n) is 7.32. The van der Waals surface area contributed by atoms with Gasteiger partial charge in [-0.05, 0) is 18.4 Å². The third-order valence-electron chi connectivity index (χ3n) is 5.03. The van der Waals surface area contributed by atoms with Crippen molar-refractivity contribution in [3.8, 4) is 0 Å². The largest absolute Gasteiger partial charge is 0.324 e. The van der Waals surface area contributed by atoms with Crippen molar-refractivity contribution < 1.29 is 4.79 Å². The highest BCUT2D eigenvalue weighted by Crippen LogP contribution is 2.14. The van der Waals surface area contributed by atoms with Gasteiger partial charge in [0.05, 0.1) is 6.54 Å². The molecule has 0 saturated carbocycles. The highest BCUT2D eigenvalue weighted by molar-refractivity contribution is 5.97. The molecule has 0 aliphatic rings. The summed E-state index contributed by atoms with van der Waals surface area (Å²) in [5, 5.41) is 0. The van der Waals surface area contributed by atoms with Crippen molar-refractivity contribution in [2.45, 2.75) is 96.8 Å². The highest BCUT2D eigenvalue weighted by Gasteiger charge is 2.02. The monoisotopic (exact) mass is 345 g/mol. The number of carbonyl (C=O) groups excluding carboxylic acids is 1. The molecular weight excluding hydrogens is 306 g/mol. The van der Waals surface area contributed by atoms with E-state index in [4.69, 9.17) is 5.73 Å². The van der Waals surface area contributed by atoms with E-state index in [9.17, 15) is 4.79 Å². The fourth-order valence-corrected chi connectivity index (χ4v) is 3.32. The van der Waals surface area contributed by atoms with E-state index in [1.165, 1.54) is 89.0 Å². The Morgan fingerprint density at radius 1 is 0.720 bits per heavy atom. The molecule has 2 nitrogen and oxygen atoms in total. The molecule has 0 radical (unpaired) electrons. The van der Waals surface area contributed by atoms with E-state index < -0.39 is 0 Å². The number of aryl methyl sites for hydroxylation is 1. The topological polar surface area (TPSA) is 43.1 Å². The molecule has 0 bridgehead atoms. The second-order valence-corrected chi connectivity index (χ2v) is 7.32. The van der Waals surface area contributed by atoms with Gasteiger partial charge in [0.15, 0.2) is 5.78 Å². The average molecular weight is 346 g/mol. The van der Waals surface area contributed by atoms with Gasteiger partial charge in [-0.2, -0.15) is 0 Å². The first-order valence-corrected chi connectivity index (χ1v) is 10.6. The first-order valence-electron chi connectivity index (χ1n) is 10.6. The Balaban J connectivity index is 1.91. The molecule has 1 aromatic carbocycles. The fourth-order valence-electron chi connectivity index (χ4n) is 3.32. The Kier molecular flexibility index (Phi) is 13.3. The lowest BCUT2D eigenvalue weighted by atomic mass is 10.0. The minimum absolute atomic E-state index is 0.0208. The van der Waals surface area contributed by atoms with Crippen LogP contribution in [-0.2, 0) is 6.42 Å². The summed E-state index contributed by atoms with van der Waals surface area (Å²) in [7, 11) is 0. The van der Waals surface area contributed by atoms with Crippen LogP contribution in [0.25, 0.3) is 0 Å². The van der Waals surface area contributed by atoms with Crippen LogP contribution in [0.15, 0.2) is 24.3 Å². The Labute approximate surface area is 155 Å². The summed E-state index contributed by atoms with van der Waals surface area (Å²) in [5.41, 5.74) is 7.45. The maximum absolute atomic E-state index is 11.5. The van der Waals surface area contributed by atoms with Gasteiger partial charge in [-0.15, -0.1) is 0 Å². The van der Waals surface area contributed by atoms with E-state index >= 15 is 0 Å². The summed E-state index contributed by atoms with van der Waals surface area (Å²) < 4.78 is 0. The number of hydrogen-bond acceptors (Lipinski definition) is 2. The first-order chi connectivity index (χ1) is 12.3. The quantitative estimate of drug-likeness (QED) is 0.276. The standard InChI is InChI=1S/C23H39NO/c1-2-3-4-5-6-7-8-9-10-11-12-13-14-15-21-16-18-22(19-17-21)23(25)20-24/h16-19H,2-15,20,24H2,1H3. The zero-order valence-electron chi connectivity index (χ0n) is 16.4. The van der Waals surface area contributed by atoms with Crippen molar-refractivity contribution in [3.63, 3.8) is 0 Å². The van der Waals surface area contributed by atoms with Crippen molar-refractivity contribution in [1.29, 1.82) is 0 Å². The number of Topliss-reactive ketones (excluding diaryl/α,β-unsaturated/α-hetero) is 1. The molecule has 0 aliphatic carbocycles. The molecule has 0 saturated heterocycles. The minimum atomic E-state index is 0.0208. The van der Waals surface area contributed by atoms with Crippen molar-refractivity contribution >= 4 is 5.78 Å². The van der Waals surface area contributed by atoms with Crippen LogP contribution < -0.4 is 5.73 Å². The van der Waals surface area contributed by atoms with Gasteiger partial charge in [0.25, 0.3) is 0 Å². The van der Waals surface area contributed by atoms with Crippen molar-refractivity contribution in [1.82, 2.24) is 0 Å². The molecule has 0 aliphatic heterocycles. The summed E-state index contributed by atoms with van der Waals surface area (Å²) in [4.78, 5) is 11.5. The fraction of sp³-hybridized carbons (Fsp3) is 0.696. The van der Waals surface area contributed by atoms with E-state index in [-0.39, 0.29) is 12.3 Å². The second kappa shape index (κ2) is 15.1. The van der Waals surface area contributed by atoms with Gasteiger partial charge in [-0.25, -0.2) is 0 Å². The van der Waals surface area contributed by atoms with Crippen molar-refractivity contribution in [2.24, 2.45) is 5.73 Å². The number of ketones is 1. The zero-order chi connectivity index (χ0) is 18.2. The van der Waals surface area contributed by atoms with Crippen LogP contribution in [0.5, 0.6) is 0 Å². The van der Waals surface area contributed by atoms with E-state index in [0.29, 0.717) is 0 Å². The number of unbranched alkanes of at least 4 members (excludes halogenated alkanes) is 12. The summed E-state index contributed by atoms with van der Waals surface area (Å²) in [6, 6.07) is 7.96. The lowest BCUT2D eigenvalue weighted by Crippen LogP contribution is -2.13. The van der Waals surface area contributed by atoms with Gasteiger partial charge in [0, 0.05) is 5.56 Å². The Morgan fingerprint density at radius 2 is 1.16 bits per heavy atom. The van der Waals surface area contributed by atoms with Gasteiger partial charge >= 0.3 is 0 Å². The molecule has 0 atom stereocenters. The van der Waals surface area contributed by atoms with E-state index in [0.717, 1.165) is 12.0 Å². The summed E-state index contributed by atoms with van der Waals surface area (Å²) in [6.07, 6.45) is 19.2. The third kappa shape index (κ3) is 11.1. The molecule has 1 rings (SSSR count). The summed E-state index contributed by atoms with van der Waals surface area (Å²) in [6.45, 7) is 2.37. The van der Waals surface area contributed by atoms with E-state index in [1.807, 2.05) is 12.1 Å². The van der Waals surface area contributed by atoms with E-state index in [2.05, 4.69) is 19.1 Å². The normalized spacial score (nSPS) is 11.0. The molecule has 2 N–H and O–H groups in total. The van der Waals surface area contributed by atoms with Crippen molar-refractivity contribution in [2.75, 3.05) is 6.54 Å². The number of benzene rings is 1. The Hall–Kier alpha value is -1.15. The van der Waals surface area contributed by atoms with Crippen molar-refractivity contribution in [3.05, 3.63) is 35.4 Å². The lowest BCUT2D eigenvalue weighted by Gasteiger charge is -2.04.